The predicted molar refractivity (Wildman–Crippen MR) is 80.5 cm³/mol. The number of aromatic nitrogens is 2. The number of benzene rings is 1. The number of piperazine rings is 1. The summed E-state index contributed by atoms with van der Waals surface area (Å²) in [5.41, 5.74) is 8.48. The van der Waals surface area contributed by atoms with Crippen LogP contribution >= 0.6 is 0 Å². The van der Waals surface area contributed by atoms with E-state index in [4.69, 9.17) is 5.73 Å². The average Bonchev–Trinajstić information content (AvgIpc) is 3.02. The van der Waals surface area contributed by atoms with Crippen molar-refractivity contribution in [3.05, 3.63) is 24.0 Å². The quantitative estimate of drug-likeness (QED) is 0.805. The van der Waals surface area contributed by atoms with Crippen LogP contribution < -0.4 is 5.73 Å². The second-order valence-corrected chi connectivity index (χ2v) is 5.97. The molecule has 1 amide bonds. The van der Waals surface area contributed by atoms with Gasteiger partial charge in [0.05, 0.1) is 17.6 Å². The molecule has 2 aliphatic rings. The highest BCUT2D eigenvalue weighted by Gasteiger charge is 2.35. The topological polar surface area (TPSA) is 78.2 Å². The smallest absolute Gasteiger partial charge is 0.222 e. The van der Waals surface area contributed by atoms with E-state index in [1.807, 2.05) is 23.1 Å². The molecule has 2 aliphatic heterocycles. The number of aromatic amines is 1. The van der Waals surface area contributed by atoms with Crippen LogP contribution in [-0.4, -0.2) is 51.4 Å². The lowest BCUT2D eigenvalue weighted by atomic mass is 10.1. The maximum Gasteiger partial charge on any atom is 0.222 e. The van der Waals surface area contributed by atoms with Crippen LogP contribution in [0.15, 0.2) is 18.2 Å². The summed E-state index contributed by atoms with van der Waals surface area (Å²) in [4.78, 5) is 24.1. The van der Waals surface area contributed by atoms with Crippen molar-refractivity contribution in [2.75, 3.05) is 25.4 Å². The highest BCUT2D eigenvalue weighted by molar-refractivity contribution is 5.79. The minimum absolute atomic E-state index is 0.318. The Morgan fingerprint density at radius 1 is 1.38 bits per heavy atom. The van der Waals surface area contributed by atoms with Crippen molar-refractivity contribution in [1.29, 1.82) is 0 Å². The lowest BCUT2D eigenvalue weighted by Gasteiger charge is -2.37. The van der Waals surface area contributed by atoms with Crippen molar-refractivity contribution in [1.82, 2.24) is 19.8 Å². The maximum absolute atomic E-state index is 11.7. The van der Waals surface area contributed by atoms with Crippen molar-refractivity contribution in [2.24, 2.45) is 0 Å². The van der Waals surface area contributed by atoms with Gasteiger partial charge in [-0.15, -0.1) is 0 Å². The average molecular weight is 285 g/mol. The number of H-pyrrole nitrogens is 1. The van der Waals surface area contributed by atoms with Gasteiger partial charge in [0, 0.05) is 37.8 Å². The van der Waals surface area contributed by atoms with Crippen molar-refractivity contribution in [3.63, 3.8) is 0 Å². The molecular weight excluding hydrogens is 266 g/mol. The lowest BCUT2D eigenvalue weighted by molar-refractivity contribution is -0.130. The van der Waals surface area contributed by atoms with Crippen LogP contribution in [0.2, 0.25) is 0 Å². The number of nitrogen functional groups attached to an aromatic ring is 1. The highest BCUT2D eigenvalue weighted by Crippen LogP contribution is 2.24. The maximum atomic E-state index is 11.7. The summed E-state index contributed by atoms with van der Waals surface area (Å²) in [7, 11) is 0. The Labute approximate surface area is 122 Å². The fourth-order valence-electron chi connectivity index (χ4n) is 3.44. The Balaban J connectivity index is 1.49. The van der Waals surface area contributed by atoms with Crippen LogP contribution in [-0.2, 0) is 11.3 Å². The molecule has 6 heteroatoms. The number of carbonyl (C=O) groups is 1. The van der Waals surface area contributed by atoms with E-state index in [2.05, 4.69) is 14.9 Å². The van der Waals surface area contributed by atoms with Crippen molar-refractivity contribution in [3.8, 4) is 0 Å². The van der Waals surface area contributed by atoms with E-state index in [0.717, 1.165) is 55.1 Å². The van der Waals surface area contributed by atoms with Gasteiger partial charge in [-0.3, -0.25) is 9.69 Å². The number of carbonyl (C=O) groups excluding carboxylic acids is 1. The Bertz CT molecular complexity index is 694. The summed E-state index contributed by atoms with van der Waals surface area (Å²) in [6.45, 7) is 3.51. The van der Waals surface area contributed by atoms with E-state index in [0.29, 0.717) is 18.4 Å². The van der Waals surface area contributed by atoms with Crippen LogP contribution in [0.3, 0.4) is 0 Å². The van der Waals surface area contributed by atoms with Crippen LogP contribution in [0.4, 0.5) is 5.69 Å². The van der Waals surface area contributed by atoms with Gasteiger partial charge in [-0.2, -0.15) is 0 Å². The molecule has 21 heavy (non-hydrogen) atoms. The molecular formula is C15H19N5O. The monoisotopic (exact) mass is 285 g/mol. The first-order valence-corrected chi connectivity index (χ1v) is 7.45. The minimum Gasteiger partial charge on any atom is -0.399 e. The summed E-state index contributed by atoms with van der Waals surface area (Å²) in [6, 6.07) is 6.12. The van der Waals surface area contributed by atoms with Crippen molar-refractivity contribution in [2.45, 2.75) is 25.4 Å². The lowest BCUT2D eigenvalue weighted by Crippen LogP contribution is -2.51. The molecule has 1 aromatic heterocycles. The highest BCUT2D eigenvalue weighted by atomic mass is 16.2. The summed E-state index contributed by atoms with van der Waals surface area (Å²) in [5, 5.41) is 0. The Hall–Kier alpha value is -2.08. The van der Waals surface area contributed by atoms with Gasteiger partial charge < -0.3 is 15.6 Å². The van der Waals surface area contributed by atoms with E-state index >= 15 is 0 Å². The van der Waals surface area contributed by atoms with Crippen LogP contribution in [0.25, 0.3) is 11.0 Å². The predicted octanol–water partition coefficient (Wildman–Crippen LogP) is 0.952. The molecule has 110 valence electrons. The Morgan fingerprint density at radius 2 is 2.29 bits per heavy atom. The number of anilines is 1. The molecule has 1 unspecified atom stereocenters. The summed E-state index contributed by atoms with van der Waals surface area (Å²) in [5.74, 6) is 1.28. The van der Waals surface area contributed by atoms with Gasteiger partial charge in [-0.25, -0.2) is 4.98 Å². The van der Waals surface area contributed by atoms with Gasteiger partial charge in [-0.1, -0.05) is 0 Å². The zero-order valence-electron chi connectivity index (χ0n) is 11.9. The Morgan fingerprint density at radius 3 is 3.19 bits per heavy atom. The molecule has 2 fully saturated rings. The largest absolute Gasteiger partial charge is 0.399 e. The van der Waals surface area contributed by atoms with Crippen molar-refractivity contribution < 1.29 is 4.79 Å². The zero-order valence-corrected chi connectivity index (χ0v) is 11.9. The van der Waals surface area contributed by atoms with Crippen molar-refractivity contribution >= 4 is 22.6 Å². The molecule has 0 saturated carbocycles. The van der Waals surface area contributed by atoms with Gasteiger partial charge in [0.1, 0.15) is 5.82 Å². The SMILES string of the molecule is Nc1ccc2nc(CN3CCN4C(=O)CCC4C3)[nH]c2c1. The fourth-order valence-corrected chi connectivity index (χ4v) is 3.44. The molecule has 6 nitrogen and oxygen atoms in total. The van der Waals surface area contributed by atoms with Crippen LogP contribution in [0.5, 0.6) is 0 Å². The third-order valence-electron chi connectivity index (χ3n) is 4.51. The van der Waals surface area contributed by atoms with Gasteiger partial charge in [0.25, 0.3) is 0 Å². The molecule has 3 heterocycles. The molecule has 0 bridgehead atoms. The van der Waals surface area contributed by atoms with E-state index < -0.39 is 0 Å². The molecule has 1 atom stereocenters. The number of hydrogen-bond acceptors (Lipinski definition) is 4. The van der Waals surface area contributed by atoms with Gasteiger partial charge >= 0.3 is 0 Å². The summed E-state index contributed by atoms with van der Waals surface area (Å²) >= 11 is 0. The molecule has 0 radical (unpaired) electrons. The van der Waals surface area contributed by atoms with E-state index in [9.17, 15) is 4.79 Å². The molecule has 2 saturated heterocycles. The zero-order chi connectivity index (χ0) is 14.4. The standard InChI is InChI=1S/C15H19N5O/c16-10-1-3-12-13(7-10)18-14(17-12)9-19-5-6-20-11(8-19)2-4-15(20)21/h1,3,7,11H,2,4-6,8-9,16H2,(H,17,18). The third kappa shape index (κ3) is 2.25. The van der Waals surface area contributed by atoms with Gasteiger partial charge in [-0.05, 0) is 24.6 Å². The molecule has 0 aliphatic carbocycles. The number of rotatable bonds is 2. The summed E-state index contributed by atoms with van der Waals surface area (Å²) in [6.07, 6.45) is 1.70. The minimum atomic E-state index is 0.318. The first-order valence-electron chi connectivity index (χ1n) is 7.45. The van der Waals surface area contributed by atoms with Crippen LogP contribution in [0, 0.1) is 0 Å². The number of amides is 1. The number of hydrogen-bond donors (Lipinski definition) is 2. The van der Waals surface area contributed by atoms with Gasteiger partial charge in [0.2, 0.25) is 5.91 Å². The van der Waals surface area contributed by atoms with Crippen LogP contribution in [0.1, 0.15) is 18.7 Å². The normalized spacial score (nSPS) is 23.0. The fraction of sp³-hybridized carbons (Fsp3) is 0.467. The third-order valence-corrected chi connectivity index (χ3v) is 4.51. The summed E-state index contributed by atoms with van der Waals surface area (Å²) < 4.78 is 0. The number of nitrogens with zero attached hydrogens (tertiary/aromatic N) is 3. The number of imidazole rings is 1. The van der Waals surface area contributed by atoms with E-state index in [1.54, 1.807) is 0 Å². The number of nitrogens with two attached hydrogens (primary N) is 1. The first-order chi connectivity index (χ1) is 10.2. The molecule has 0 spiro atoms. The molecule has 4 rings (SSSR count). The second kappa shape index (κ2) is 4.73. The molecule has 3 N–H and O–H groups in total. The number of nitrogens with one attached hydrogen (secondary N) is 1. The Kier molecular flexibility index (Phi) is 2.85. The molecule has 1 aromatic carbocycles. The first kappa shape index (κ1) is 12.6. The van der Waals surface area contributed by atoms with E-state index in [1.165, 1.54) is 0 Å². The molecule has 2 aromatic rings. The van der Waals surface area contributed by atoms with E-state index in [-0.39, 0.29) is 0 Å². The number of fused-ring (bicyclic) bond motifs is 2. The second-order valence-electron chi connectivity index (χ2n) is 5.97. The van der Waals surface area contributed by atoms with Gasteiger partial charge in [0.15, 0.2) is 0 Å².